The molecule has 0 aliphatic carbocycles. The molecule has 1 aromatic rings. The fraction of sp³-hybridized carbons (Fsp3) is 0.636. The Kier molecular flexibility index (Phi) is 3.49. The topological polar surface area (TPSA) is 41.1 Å². The average Bonchev–Trinajstić information content (AvgIpc) is 2.76. The van der Waals surface area contributed by atoms with Gasteiger partial charge in [-0.15, -0.1) is 0 Å². The van der Waals surface area contributed by atoms with Crippen LogP contribution in [-0.2, 0) is 0 Å². The van der Waals surface area contributed by atoms with Gasteiger partial charge in [-0.05, 0) is 19.3 Å². The molecule has 0 aromatic carbocycles. The molecule has 1 N–H and O–H groups in total. The van der Waals surface area contributed by atoms with Crippen LogP contribution < -0.4 is 10.2 Å². The highest BCUT2D eigenvalue weighted by molar-refractivity contribution is 6.29. The van der Waals surface area contributed by atoms with E-state index in [0.29, 0.717) is 17.1 Å². The summed E-state index contributed by atoms with van der Waals surface area (Å²) >= 11 is 5.98. The second-order valence-corrected chi connectivity index (χ2v) is 4.41. The molecule has 2 heterocycles. The Bertz CT molecular complexity index is 369. The highest BCUT2D eigenvalue weighted by atomic mass is 35.5. The van der Waals surface area contributed by atoms with Crippen LogP contribution in [-0.4, -0.2) is 29.6 Å². The lowest BCUT2D eigenvalue weighted by molar-refractivity contribution is 0.640. The van der Waals surface area contributed by atoms with Crippen LogP contribution in [0.4, 0.5) is 11.8 Å². The number of hydrogen-bond donors (Lipinski definition) is 1. The molecular formula is C11H17ClN4. The van der Waals surface area contributed by atoms with E-state index in [0.717, 1.165) is 18.8 Å². The Morgan fingerprint density at radius 3 is 3.06 bits per heavy atom. The summed E-state index contributed by atoms with van der Waals surface area (Å²) in [4.78, 5) is 10.9. The molecule has 1 fully saturated rings. The molecule has 4 nitrogen and oxygen atoms in total. The first-order chi connectivity index (χ1) is 7.74. The third-order valence-corrected chi connectivity index (χ3v) is 3.24. The average molecular weight is 241 g/mol. The molecule has 1 aliphatic rings. The van der Waals surface area contributed by atoms with Crippen LogP contribution in [0, 0.1) is 0 Å². The summed E-state index contributed by atoms with van der Waals surface area (Å²) in [5, 5.41) is 3.43. The van der Waals surface area contributed by atoms with Crippen molar-refractivity contribution in [2.24, 2.45) is 0 Å². The van der Waals surface area contributed by atoms with E-state index in [4.69, 9.17) is 11.6 Å². The largest absolute Gasteiger partial charge is 0.357 e. The third-order valence-electron chi connectivity index (χ3n) is 3.05. The summed E-state index contributed by atoms with van der Waals surface area (Å²) in [5.41, 5.74) is 0. The number of halogens is 1. The number of nitrogens with zero attached hydrogens (tertiary/aromatic N) is 3. The highest BCUT2D eigenvalue weighted by Gasteiger charge is 2.24. The van der Waals surface area contributed by atoms with Crippen LogP contribution in [0.3, 0.4) is 0 Å². The zero-order valence-electron chi connectivity index (χ0n) is 9.70. The molecule has 1 aromatic heterocycles. The second kappa shape index (κ2) is 4.87. The van der Waals surface area contributed by atoms with Gasteiger partial charge in [-0.1, -0.05) is 18.5 Å². The summed E-state index contributed by atoms with van der Waals surface area (Å²) in [7, 11) is 1.80. The van der Waals surface area contributed by atoms with Gasteiger partial charge >= 0.3 is 0 Å². The molecule has 1 aliphatic heterocycles. The molecule has 88 valence electrons. The molecule has 1 unspecified atom stereocenters. The van der Waals surface area contributed by atoms with Gasteiger partial charge in [0.2, 0.25) is 5.95 Å². The maximum absolute atomic E-state index is 5.98. The number of rotatable bonds is 3. The van der Waals surface area contributed by atoms with Gasteiger partial charge < -0.3 is 10.2 Å². The Balaban J connectivity index is 2.28. The summed E-state index contributed by atoms with van der Waals surface area (Å²) in [6, 6.07) is 2.44. The number of anilines is 2. The van der Waals surface area contributed by atoms with Gasteiger partial charge in [-0.2, -0.15) is 4.98 Å². The fourth-order valence-corrected chi connectivity index (χ4v) is 2.40. The zero-order valence-corrected chi connectivity index (χ0v) is 10.5. The monoisotopic (exact) mass is 240 g/mol. The minimum Gasteiger partial charge on any atom is -0.357 e. The maximum Gasteiger partial charge on any atom is 0.225 e. The van der Waals surface area contributed by atoms with Crippen LogP contribution in [0.2, 0.25) is 5.15 Å². The van der Waals surface area contributed by atoms with Gasteiger partial charge in [-0.3, -0.25) is 0 Å². The molecule has 0 radical (unpaired) electrons. The van der Waals surface area contributed by atoms with Gasteiger partial charge in [0.25, 0.3) is 0 Å². The molecule has 0 spiro atoms. The molecule has 1 atom stereocenters. The van der Waals surface area contributed by atoms with Crippen LogP contribution in [0.25, 0.3) is 0 Å². The van der Waals surface area contributed by atoms with Crippen LogP contribution >= 0.6 is 11.6 Å². The van der Waals surface area contributed by atoms with Crippen molar-refractivity contribution >= 4 is 23.4 Å². The third kappa shape index (κ3) is 2.21. The summed E-state index contributed by atoms with van der Waals surface area (Å²) in [6.45, 7) is 3.28. The lowest BCUT2D eigenvalue weighted by atomic mass is 10.2. The van der Waals surface area contributed by atoms with E-state index in [1.165, 1.54) is 12.8 Å². The van der Waals surface area contributed by atoms with Crippen LogP contribution in [0.5, 0.6) is 0 Å². The van der Waals surface area contributed by atoms with Gasteiger partial charge in [-0.25, -0.2) is 4.98 Å². The van der Waals surface area contributed by atoms with E-state index in [1.54, 1.807) is 7.05 Å². The van der Waals surface area contributed by atoms with E-state index in [-0.39, 0.29) is 0 Å². The first kappa shape index (κ1) is 11.5. The van der Waals surface area contributed by atoms with Crippen LogP contribution in [0.15, 0.2) is 6.07 Å². The van der Waals surface area contributed by atoms with Crippen molar-refractivity contribution in [3.63, 3.8) is 0 Å². The molecule has 2 rings (SSSR count). The highest BCUT2D eigenvalue weighted by Crippen LogP contribution is 2.27. The van der Waals surface area contributed by atoms with Crippen molar-refractivity contribution in [1.29, 1.82) is 0 Å². The van der Waals surface area contributed by atoms with Crippen molar-refractivity contribution in [2.75, 3.05) is 23.8 Å². The number of nitrogens with one attached hydrogen (secondary N) is 1. The van der Waals surface area contributed by atoms with Crippen molar-refractivity contribution < 1.29 is 0 Å². The molecule has 16 heavy (non-hydrogen) atoms. The molecule has 1 saturated heterocycles. The maximum atomic E-state index is 5.98. The molecule has 0 bridgehead atoms. The first-order valence-corrected chi connectivity index (χ1v) is 6.11. The minimum absolute atomic E-state index is 0.496. The first-order valence-electron chi connectivity index (χ1n) is 5.73. The predicted molar refractivity (Wildman–Crippen MR) is 67.2 cm³/mol. The fourth-order valence-electron chi connectivity index (χ4n) is 2.23. The van der Waals surface area contributed by atoms with Gasteiger partial charge in [0.15, 0.2) is 0 Å². The SMILES string of the molecule is CCC1CCCN1c1cc(Cl)nc(NC)n1. The Hall–Kier alpha value is -1.03. The summed E-state index contributed by atoms with van der Waals surface area (Å²) in [5.74, 6) is 1.53. The number of aromatic nitrogens is 2. The molecule has 5 heteroatoms. The normalized spacial score (nSPS) is 20.2. The molecular weight excluding hydrogens is 224 g/mol. The van der Waals surface area contributed by atoms with E-state index in [1.807, 2.05) is 6.07 Å². The Morgan fingerprint density at radius 2 is 2.38 bits per heavy atom. The molecule has 0 saturated carbocycles. The van der Waals surface area contributed by atoms with Crippen molar-refractivity contribution in [3.05, 3.63) is 11.2 Å². The standard InChI is InChI=1S/C11H17ClN4/c1-3-8-5-4-6-16(8)10-7-9(12)14-11(13-2)15-10/h7-8H,3-6H2,1-2H3,(H,13,14,15). The van der Waals surface area contributed by atoms with E-state index in [2.05, 4.69) is 27.1 Å². The van der Waals surface area contributed by atoms with Crippen molar-refractivity contribution in [2.45, 2.75) is 32.2 Å². The van der Waals surface area contributed by atoms with E-state index >= 15 is 0 Å². The van der Waals surface area contributed by atoms with Crippen LogP contribution in [0.1, 0.15) is 26.2 Å². The predicted octanol–water partition coefficient (Wildman–Crippen LogP) is 2.55. The van der Waals surface area contributed by atoms with Gasteiger partial charge in [0, 0.05) is 25.7 Å². The number of hydrogen-bond acceptors (Lipinski definition) is 4. The summed E-state index contributed by atoms with van der Waals surface area (Å²) in [6.07, 6.45) is 3.62. The van der Waals surface area contributed by atoms with E-state index in [9.17, 15) is 0 Å². The lowest BCUT2D eigenvalue weighted by Crippen LogP contribution is -2.29. The second-order valence-electron chi connectivity index (χ2n) is 4.02. The van der Waals surface area contributed by atoms with Crippen molar-refractivity contribution in [3.8, 4) is 0 Å². The Morgan fingerprint density at radius 1 is 1.56 bits per heavy atom. The van der Waals surface area contributed by atoms with E-state index < -0.39 is 0 Å². The minimum atomic E-state index is 0.496. The Labute approximate surface area is 101 Å². The molecule has 0 amide bonds. The van der Waals surface area contributed by atoms with Gasteiger partial charge in [0.1, 0.15) is 11.0 Å². The summed E-state index contributed by atoms with van der Waals surface area (Å²) < 4.78 is 0. The van der Waals surface area contributed by atoms with Crippen molar-refractivity contribution in [1.82, 2.24) is 9.97 Å². The zero-order chi connectivity index (χ0) is 11.5. The smallest absolute Gasteiger partial charge is 0.225 e. The van der Waals surface area contributed by atoms with Gasteiger partial charge in [0.05, 0.1) is 0 Å². The quantitative estimate of drug-likeness (QED) is 0.825. The lowest BCUT2D eigenvalue weighted by Gasteiger charge is -2.24.